The van der Waals surface area contributed by atoms with E-state index in [2.05, 4.69) is 6.07 Å². The molecule has 16 heavy (non-hydrogen) atoms. The second-order valence-corrected chi connectivity index (χ2v) is 5.29. The summed E-state index contributed by atoms with van der Waals surface area (Å²) in [5.74, 6) is 0.298. The summed E-state index contributed by atoms with van der Waals surface area (Å²) in [6.07, 6.45) is 5.86. The number of rotatable bonds is 4. The Kier molecular flexibility index (Phi) is 4.79. The van der Waals surface area contributed by atoms with Crippen LogP contribution >= 0.6 is 0 Å². The van der Waals surface area contributed by atoms with E-state index in [1.165, 1.54) is 6.42 Å². The van der Waals surface area contributed by atoms with Crippen molar-refractivity contribution in [1.82, 2.24) is 4.90 Å². The minimum atomic E-state index is -0.255. The van der Waals surface area contributed by atoms with Crippen LogP contribution in [-0.2, 0) is 4.79 Å². The Hall–Kier alpha value is -1.04. The van der Waals surface area contributed by atoms with Crippen LogP contribution in [0.5, 0.6) is 0 Å². The van der Waals surface area contributed by atoms with Gasteiger partial charge in [-0.05, 0) is 39.5 Å². The fourth-order valence-corrected chi connectivity index (χ4v) is 2.04. The maximum atomic E-state index is 11.7. The van der Waals surface area contributed by atoms with Gasteiger partial charge in [-0.3, -0.25) is 4.79 Å². The molecule has 0 aromatic carbocycles. The second-order valence-electron chi connectivity index (χ2n) is 5.29. The molecule has 0 radical (unpaired) electrons. The van der Waals surface area contributed by atoms with E-state index in [0.29, 0.717) is 12.3 Å². The Labute approximate surface area is 98.4 Å². The summed E-state index contributed by atoms with van der Waals surface area (Å²) in [6.45, 7) is 5.64. The molecule has 1 fully saturated rings. The van der Waals surface area contributed by atoms with Crippen molar-refractivity contribution in [3.8, 4) is 6.07 Å². The molecule has 90 valence electrons. The van der Waals surface area contributed by atoms with Crippen molar-refractivity contribution in [2.45, 2.75) is 52.4 Å². The molecule has 0 saturated carbocycles. The van der Waals surface area contributed by atoms with Crippen molar-refractivity contribution in [3.63, 3.8) is 0 Å². The number of carbonyl (C=O) groups is 1. The van der Waals surface area contributed by atoms with Gasteiger partial charge in [-0.2, -0.15) is 5.26 Å². The standard InChI is InChI=1S/C13H22N2O/c1-13(2,11-14)8-6-10-15-9-5-3-4-7-12(15)16/h3-10H2,1-2H3. The fraction of sp³-hybridized carbons (Fsp3) is 0.846. The smallest absolute Gasteiger partial charge is 0.222 e. The quantitative estimate of drug-likeness (QED) is 0.734. The molecule has 3 nitrogen and oxygen atoms in total. The Morgan fingerprint density at radius 2 is 2.12 bits per heavy atom. The zero-order valence-corrected chi connectivity index (χ0v) is 10.5. The average Bonchev–Trinajstić information content (AvgIpc) is 2.44. The number of likely N-dealkylation sites (tertiary alicyclic amines) is 1. The normalized spacial score (nSPS) is 18.1. The van der Waals surface area contributed by atoms with Crippen molar-refractivity contribution in [2.24, 2.45) is 5.41 Å². The molecule has 1 amide bonds. The summed E-state index contributed by atoms with van der Waals surface area (Å²) in [5, 5.41) is 8.90. The summed E-state index contributed by atoms with van der Waals surface area (Å²) in [5.41, 5.74) is -0.255. The minimum absolute atomic E-state index is 0.255. The van der Waals surface area contributed by atoms with Crippen molar-refractivity contribution in [1.29, 1.82) is 5.26 Å². The van der Waals surface area contributed by atoms with Crippen LogP contribution in [0.3, 0.4) is 0 Å². The molecule has 1 rings (SSSR count). The lowest BCUT2D eigenvalue weighted by atomic mass is 9.90. The highest BCUT2D eigenvalue weighted by molar-refractivity contribution is 5.76. The van der Waals surface area contributed by atoms with E-state index in [0.717, 1.165) is 38.8 Å². The highest BCUT2D eigenvalue weighted by Crippen LogP contribution is 2.21. The van der Waals surface area contributed by atoms with Gasteiger partial charge in [0.25, 0.3) is 0 Å². The monoisotopic (exact) mass is 222 g/mol. The SMILES string of the molecule is CC(C)(C#N)CCCN1CCCCCC1=O. The van der Waals surface area contributed by atoms with Crippen LogP contribution in [0.4, 0.5) is 0 Å². The van der Waals surface area contributed by atoms with Crippen molar-refractivity contribution < 1.29 is 4.79 Å². The summed E-state index contributed by atoms with van der Waals surface area (Å²) in [6, 6.07) is 2.30. The number of nitrogens with zero attached hydrogens (tertiary/aromatic N) is 2. The van der Waals surface area contributed by atoms with E-state index in [4.69, 9.17) is 5.26 Å². The zero-order valence-electron chi connectivity index (χ0n) is 10.5. The summed E-state index contributed by atoms with van der Waals surface area (Å²) in [4.78, 5) is 13.7. The molecular weight excluding hydrogens is 200 g/mol. The Morgan fingerprint density at radius 3 is 2.81 bits per heavy atom. The van der Waals surface area contributed by atoms with Gasteiger partial charge in [0.15, 0.2) is 0 Å². The van der Waals surface area contributed by atoms with Crippen LogP contribution in [-0.4, -0.2) is 23.9 Å². The van der Waals surface area contributed by atoms with Crippen molar-refractivity contribution in [2.75, 3.05) is 13.1 Å². The molecule has 0 aliphatic carbocycles. The third-order valence-electron chi connectivity index (χ3n) is 3.20. The van der Waals surface area contributed by atoms with Crippen molar-refractivity contribution >= 4 is 5.91 Å². The van der Waals surface area contributed by atoms with Crippen molar-refractivity contribution in [3.05, 3.63) is 0 Å². The van der Waals surface area contributed by atoms with E-state index < -0.39 is 0 Å². The molecule has 0 unspecified atom stereocenters. The van der Waals surface area contributed by atoms with Gasteiger partial charge in [0, 0.05) is 19.5 Å². The van der Waals surface area contributed by atoms with Crippen LogP contribution in [0.2, 0.25) is 0 Å². The molecule has 0 spiro atoms. The molecule has 0 aromatic rings. The van der Waals surface area contributed by atoms with Gasteiger partial charge in [-0.1, -0.05) is 6.42 Å². The van der Waals surface area contributed by atoms with Gasteiger partial charge in [0.2, 0.25) is 5.91 Å². The van der Waals surface area contributed by atoms with Gasteiger partial charge < -0.3 is 4.90 Å². The number of hydrogen-bond donors (Lipinski definition) is 0. The molecule has 1 aliphatic heterocycles. The maximum absolute atomic E-state index is 11.7. The minimum Gasteiger partial charge on any atom is -0.343 e. The number of carbonyl (C=O) groups excluding carboxylic acids is 1. The molecule has 0 bridgehead atoms. The highest BCUT2D eigenvalue weighted by atomic mass is 16.2. The first kappa shape index (κ1) is 13.0. The summed E-state index contributed by atoms with van der Waals surface area (Å²) < 4.78 is 0. The van der Waals surface area contributed by atoms with Crippen LogP contribution in [0, 0.1) is 16.7 Å². The first-order chi connectivity index (χ1) is 7.55. The first-order valence-corrected chi connectivity index (χ1v) is 6.24. The molecule has 0 aromatic heterocycles. The number of nitriles is 1. The lowest BCUT2D eigenvalue weighted by molar-refractivity contribution is -0.130. The van der Waals surface area contributed by atoms with E-state index in [1.807, 2.05) is 18.7 Å². The molecule has 3 heteroatoms. The fourth-order valence-electron chi connectivity index (χ4n) is 2.04. The van der Waals surface area contributed by atoms with Crippen LogP contribution < -0.4 is 0 Å². The van der Waals surface area contributed by atoms with Crippen LogP contribution in [0.1, 0.15) is 52.4 Å². The Bertz CT molecular complexity index is 278. The second kappa shape index (κ2) is 5.89. The Balaban J connectivity index is 2.31. The number of hydrogen-bond acceptors (Lipinski definition) is 2. The first-order valence-electron chi connectivity index (χ1n) is 6.24. The zero-order chi connectivity index (χ0) is 12.0. The molecule has 0 atom stereocenters. The third-order valence-corrected chi connectivity index (χ3v) is 3.20. The highest BCUT2D eigenvalue weighted by Gasteiger charge is 2.19. The lowest BCUT2D eigenvalue weighted by Gasteiger charge is -2.22. The molecule has 1 heterocycles. The predicted octanol–water partition coefficient (Wildman–Crippen LogP) is 2.72. The van der Waals surface area contributed by atoms with Crippen LogP contribution in [0.15, 0.2) is 0 Å². The third kappa shape index (κ3) is 4.22. The van der Waals surface area contributed by atoms with E-state index in [9.17, 15) is 4.79 Å². The summed E-state index contributed by atoms with van der Waals surface area (Å²) in [7, 11) is 0. The Morgan fingerprint density at radius 1 is 1.38 bits per heavy atom. The predicted molar refractivity (Wildman–Crippen MR) is 63.7 cm³/mol. The molecule has 0 N–H and O–H groups in total. The lowest BCUT2D eigenvalue weighted by Crippen LogP contribution is -2.31. The summed E-state index contributed by atoms with van der Waals surface area (Å²) >= 11 is 0. The van der Waals surface area contributed by atoms with Gasteiger partial charge in [-0.15, -0.1) is 0 Å². The van der Waals surface area contributed by atoms with Crippen LogP contribution in [0.25, 0.3) is 0 Å². The van der Waals surface area contributed by atoms with Gasteiger partial charge in [0.1, 0.15) is 0 Å². The van der Waals surface area contributed by atoms with Gasteiger partial charge >= 0.3 is 0 Å². The largest absolute Gasteiger partial charge is 0.343 e. The molecular formula is C13H22N2O. The maximum Gasteiger partial charge on any atom is 0.222 e. The van der Waals surface area contributed by atoms with E-state index in [1.54, 1.807) is 0 Å². The van der Waals surface area contributed by atoms with E-state index in [-0.39, 0.29) is 5.41 Å². The molecule has 1 aliphatic rings. The van der Waals surface area contributed by atoms with E-state index >= 15 is 0 Å². The molecule has 1 saturated heterocycles. The van der Waals surface area contributed by atoms with Gasteiger partial charge in [-0.25, -0.2) is 0 Å². The van der Waals surface area contributed by atoms with Gasteiger partial charge in [0.05, 0.1) is 11.5 Å². The average molecular weight is 222 g/mol. The topological polar surface area (TPSA) is 44.1 Å². The number of amides is 1.